The molecule has 158 valence electrons. The van der Waals surface area contributed by atoms with Crippen molar-refractivity contribution in [1.82, 2.24) is 9.21 Å². The standard InChI is InChI=1S/C23H26N2O3S2/c1-19-6-5-9-21(18-19)22(26)25-15-16-29-23(25)11-13-24(14-12-23)30(27,28)17-10-20-7-3-2-4-8-20/h2-10,17-18H,11-16H2,1H3/b17-10+. The van der Waals surface area contributed by atoms with Crippen LogP contribution in [0.5, 0.6) is 0 Å². The maximum Gasteiger partial charge on any atom is 0.255 e. The van der Waals surface area contributed by atoms with E-state index in [9.17, 15) is 13.2 Å². The van der Waals surface area contributed by atoms with Crippen LogP contribution in [0.3, 0.4) is 0 Å². The highest BCUT2D eigenvalue weighted by Gasteiger charge is 2.47. The topological polar surface area (TPSA) is 57.7 Å². The first-order valence-electron chi connectivity index (χ1n) is 10.2. The van der Waals surface area contributed by atoms with Crippen LogP contribution < -0.4 is 0 Å². The van der Waals surface area contributed by atoms with Gasteiger partial charge in [-0.1, -0.05) is 48.0 Å². The lowest BCUT2D eigenvalue weighted by molar-refractivity contribution is 0.0605. The Bertz CT molecular complexity index is 1040. The van der Waals surface area contributed by atoms with Gasteiger partial charge in [-0.15, -0.1) is 11.8 Å². The Morgan fingerprint density at radius 3 is 2.47 bits per heavy atom. The molecule has 0 aromatic heterocycles. The Morgan fingerprint density at radius 1 is 1.03 bits per heavy atom. The number of benzene rings is 2. The molecular weight excluding hydrogens is 416 g/mol. The lowest BCUT2D eigenvalue weighted by atomic mass is 10.0. The van der Waals surface area contributed by atoms with E-state index in [0.29, 0.717) is 38.0 Å². The van der Waals surface area contributed by atoms with Crippen molar-refractivity contribution in [1.29, 1.82) is 0 Å². The summed E-state index contributed by atoms with van der Waals surface area (Å²) in [6.07, 6.45) is 2.93. The normalized spacial score (nSPS) is 19.6. The average Bonchev–Trinajstić information content (AvgIpc) is 3.15. The van der Waals surface area contributed by atoms with Gasteiger partial charge in [0.15, 0.2) is 0 Å². The van der Waals surface area contributed by atoms with Gasteiger partial charge in [0.05, 0.1) is 4.87 Å². The molecule has 2 aliphatic rings. The van der Waals surface area contributed by atoms with Crippen LogP contribution in [-0.2, 0) is 10.0 Å². The minimum Gasteiger partial charge on any atom is -0.323 e. The number of thioether (sulfide) groups is 1. The zero-order valence-electron chi connectivity index (χ0n) is 17.0. The highest BCUT2D eigenvalue weighted by Crippen LogP contribution is 2.45. The summed E-state index contributed by atoms with van der Waals surface area (Å²) in [5.74, 6) is 0.932. The first-order valence-corrected chi connectivity index (χ1v) is 12.6. The molecule has 0 bridgehead atoms. The van der Waals surface area contributed by atoms with Crippen LogP contribution >= 0.6 is 11.8 Å². The Hall–Kier alpha value is -2.09. The number of sulfonamides is 1. The van der Waals surface area contributed by atoms with Gasteiger partial charge in [-0.05, 0) is 43.5 Å². The van der Waals surface area contributed by atoms with Crippen LogP contribution in [0, 0.1) is 6.92 Å². The zero-order valence-corrected chi connectivity index (χ0v) is 18.7. The number of amides is 1. The fourth-order valence-electron chi connectivity index (χ4n) is 4.15. The van der Waals surface area contributed by atoms with E-state index >= 15 is 0 Å². The minimum atomic E-state index is -3.48. The van der Waals surface area contributed by atoms with Crippen molar-refractivity contribution in [3.63, 3.8) is 0 Å². The molecule has 0 aliphatic carbocycles. The number of rotatable bonds is 4. The number of carbonyl (C=O) groups excluding carboxylic acids is 1. The van der Waals surface area contributed by atoms with E-state index < -0.39 is 10.0 Å². The van der Waals surface area contributed by atoms with E-state index in [2.05, 4.69) is 0 Å². The molecule has 0 unspecified atom stereocenters. The molecule has 0 radical (unpaired) electrons. The summed E-state index contributed by atoms with van der Waals surface area (Å²) in [5, 5.41) is 1.29. The number of nitrogens with zero attached hydrogens (tertiary/aromatic N) is 2. The summed E-state index contributed by atoms with van der Waals surface area (Å²) in [7, 11) is -3.48. The number of aryl methyl sites for hydroxylation is 1. The number of piperidine rings is 1. The molecule has 7 heteroatoms. The molecular formula is C23H26N2O3S2. The molecule has 0 saturated carbocycles. The van der Waals surface area contributed by atoms with Gasteiger partial charge >= 0.3 is 0 Å². The summed E-state index contributed by atoms with van der Waals surface area (Å²) in [5.41, 5.74) is 2.63. The van der Waals surface area contributed by atoms with Gasteiger partial charge < -0.3 is 4.90 Å². The first-order chi connectivity index (χ1) is 14.4. The van der Waals surface area contributed by atoms with Gasteiger partial charge in [-0.3, -0.25) is 4.79 Å². The van der Waals surface area contributed by atoms with E-state index in [0.717, 1.165) is 16.9 Å². The summed E-state index contributed by atoms with van der Waals surface area (Å²) in [6.45, 7) is 3.54. The van der Waals surface area contributed by atoms with Gasteiger partial charge in [0.2, 0.25) is 10.0 Å². The second-order valence-electron chi connectivity index (χ2n) is 7.78. The molecule has 4 rings (SSSR count). The number of carbonyl (C=O) groups is 1. The van der Waals surface area contributed by atoms with Crippen molar-refractivity contribution in [3.8, 4) is 0 Å². The third-order valence-electron chi connectivity index (χ3n) is 5.78. The van der Waals surface area contributed by atoms with Gasteiger partial charge in [0, 0.05) is 36.4 Å². The Morgan fingerprint density at radius 2 is 1.77 bits per heavy atom. The maximum atomic E-state index is 13.2. The lowest BCUT2D eigenvalue weighted by Gasteiger charge is -2.43. The molecule has 1 amide bonds. The average molecular weight is 443 g/mol. The van der Waals surface area contributed by atoms with E-state index in [1.807, 2.05) is 66.4 Å². The van der Waals surface area contributed by atoms with Crippen molar-refractivity contribution in [2.45, 2.75) is 24.6 Å². The van der Waals surface area contributed by atoms with Gasteiger partial charge in [0.1, 0.15) is 0 Å². The van der Waals surface area contributed by atoms with Gasteiger partial charge in [0.25, 0.3) is 5.91 Å². The van der Waals surface area contributed by atoms with Crippen LogP contribution in [0.1, 0.15) is 34.3 Å². The van der Waals surface area contributed by atoms with Crippen LogP contribution in [0.25, 0.3) is 6.08 Å². The molecule has 2 heterocycles. The molecule has 2 fully saturated rings. The summed E-state index contributed by atoms with van der Waals surface area (Å²) < 4.78 is 27.1. The first kappa shape index (κ1) is 21.2. The summed E-state index contributed by atoms with van der Waals surface area (Å²) in [6, 6.07) is 17.1. The van der Waals surface area contributed by atoms with E-state index in [4.69, 9.17) is 0 Å². The molecule has 0 atom stereocenters. The third kappa shape index (κ3) is 4.33. The smallest absolute Gasteiger partial charge is 0.255 e. The summed E-state index contributed by atoms with van der Waals surface area (Å²) >= 11 is 1.79. The SMILES string of the molecule is Cc1cccc(C(=O)N2CCSC23CCN(S(=O)(=O)/C=C/c2ccccc2)CC3)c1. The quantitative estimate of drug-likeness (QED) is 0.719. The van der Waals surface area contributed by atoms with Gasteiger partial charge in [-0.2, -0.15) is 4.31 Å². The van der Waals surface area contributed by atoms with Crippen molar-refractivity contribution in [2.75, 3.05) is 25.4 Å². The molecule has 2 aliphatic heterocycles. The molecule has 0 N–H and O–H groups in total. The van der Waals surface area contributed by atoms with E-state index in [-0.39, 0.29) is 10.8 Å². The van der Waals surface area contributed by atoms with Crippen LogP contribution in [-0.4, -0.2) is 53.8 Å². The Kier molecular flexibility index (Phi) is 6.04. The molecule has 30 heavy (non-hydrogen) atoms. The number of hydrogen-bond donors (Lipinski definition) is 0. The highest BCUT2D eigenvalue weighted by atomic mass is 32.2. The van der Waals surface area contributed by atoms with Crippen LogP contribution in [0.15, 0.2) is 60.0 Å². The van der Waals surface area contributed by atoms with E-state index in [1.165, 1.54) is 9.71 Å². The minimum absolute atomic E-state index is 0.0454. The van der Waals surface area contributed by atoms with E-state index in [1.54, 1.807) is 17.8 Å². The largest absolute Gasteiger partial charge is 0.323 e. The fourth-order valence-corrected chi connectivity index (χ4v) is 6.80. The monoisotopic (exact) mass is 442 g/mol. The zero-order chi connectivity index (χ0) is 21.2. The third-order valence-corrected chi connectivity index (χ3v) is 8.90. The van der Waals surface area contributed by atoms with Crippen molar-refractivity contribution < 1.29 is 13.2 Å². The maximum absolute atomic E-state index is 13.2. The van der Waals surface area contributed by atoms with Crippen molar-refractivity contribution in [3.05, 3.63) is 76.7 Å². The second-order valence-corrected chi connectivity index (χ2v) is 11.1. The Labute approximate surface area is 182 Å². The molecule has 2 aromatic rings. The molecule has 2 aromatic carbocycles. The second kappa shape index (κ2) is 8.57. The van der Waals surface area contributed by atoms with Crippen molar-refractivity contribution in [2.24, 2.45) is 0 Å². The number of hydrogen-bond acceptors (Lipinski definition) is 4. The molecule has 1 spiro atoms. The predicted octanol–water partition coefficient (Wildman–Crippen LogP) is 3.98. The van der Waals surface area contributed by atoms with Crippen molar-refractivity contribution >= 4 is 33.8 Å². The molecule has 5 nitrogen and oxygen atoms in total. The van der Waals surface area contributed by atoms with Crippen LogP contribution in [0.2, 0.25) is 0 Å². The lowest BCUT2D eigenvalue weighted by Crippen LogP contribution is -2.53. The fraction of sp³-hybridized carbons (Fsp3) is 0.348. The predicted molar refractivity (Wildman–Crippen MR) is 123 cm³/mol. The summed E-state index contributed by atoms with van der Waals surface area (Å²) in [4.78, 5) is 14.8. The Balaban J connectivity index is 1.46. The van der Waals surface area contributed by atoms with Crippen LogP contribution in [0.4, 0.5) is 0 Å². The molecule has 2 saturated heterocycles. The highest BCUT2D eigenvalue weighted by molar-refractivity contribution is 8.00. The van der Waals surface area contributed by atoms with Gasteiger partial charge in [-0.25, -0.2) is 8.42 Å².